The lowest BCUT2D eigenvalue weighted by atomic mass is 10.1. The molecule has 0 bridgehead atoms. The van der Waals surface area contributed by atoms with E-state index in [4.69, 9.17) is 4.74 Å². The van der Waals surface area contributed by atoms with Gasteiger partial charge < -0.3 is 10.1 Å². The van der Waals surface area contributed by atoms with Crippen LogP contribution in [0.5, 0.6) is 5.75 Å². The van der Waals surface area contributed by atoms with Gasteiger partial charge in [-0.25, -0.2) is 0 Å². The Kier molecular flexibility index (Phi) is 5.58. The van der Waals surface area contributed by atoms with E-state index in [9.17, 15) is 0 Å². The Morgan fingerprint density at radius 1 is 1.33 bits per heavy atom. The Balaban J connectivity index is 2.68. The van der Waals surface area contributed by atoms with Crippen molar-refractivity contribution in [2.75, 3.05) is 25.7 Å². The van der Waals surface area contributed by atoms with Crippen molar-refractivity contribution in [3.8, 4) is 5.75 Å². The van der Waals surface area contributed by atoms with E-state index >= 15 is 0 Å². The molecule has 0 saturated carbocycles. The van der Waals surface area contributed by atoms with E-state index in [1.54, 1.807) is 0 Å². The molecule has 15 heavy (non-hydrogen) atoms. The molecule has 0 saturated heterocycles. The van der Waals surface area contributed by atoms with Crippen molar-refractivity contribution < 1.29 is 4.74 Å². The standard InChI is InChI=1S/C12H19NOS/c1-4-14-11-7-5-10(6-8-11)12(13-2)9-15-3/h5-8,12-13H,4,9H2,1-3H3. The van der Waals surface area contributed by atoms with E-state index in [-0.39, 0.29) is 0 Å². The number of benzene rings is 1. The molecule has 1 unspecified atom stereocenters. The summed E-state index contributed by atoms with van der Waals surface area (Å²) in [4.78, 5) is 0. The summed E-state index contributed by atoms with van der Waals surface area (Å²) < 4.78 is 5.41. The van der Waals surface area contributed by atoms with Gasteiger partial charge in [-0.1, -0.05) is 12.1 Å². The van der Waals surface area contributed by atoms with E-state index in [0.717, 1.165) is 18.1 Å². The monoisotopic (exact) mass is 225 g/mol. The first-order valence-corrected chi connectivity index (χ1v) is 6.60. The first kappa shape index (κ1) is 12.4. The number of hydrogen-bond acceptors (Lipinski definition) is 3. The van der Waals surface area contributed by atoms with Gasteiger partial charge >= 0.3 is 0 Å². The van der Waals surface area contributed by atoms with Crippen molar-refractivity contribution in [2.45, 2.75) is 13.0 Å². The van der Waals surface area contributed by atoms with Crippen LogP contribution in [0.15, 0.2) is 24.3 Å². The summed E-state index contributed by atoms with van der Waals surface area (Å²) in [6.07, 6.45) is 2.12. The van der Waals surface area contributed by atoms with Gasteiger partial charge in [0.1, 0.15) is 5.75 Å². The van der Waals surface area contributed by atoms with Crippen LogP contribution in [-0.2, 0) is 0 Å². The average Bonchev–Trinajstić information content (AvgIpc) is 2.28. The molecule has 0 radical (unpaired) electrons. The number of hydrogen-bond donors (Lipinski definition) is 1. The molecule has 0 aliphatic rings. The van der Waals surface area contributed by atoms with Gasteiger partial charge in [0.2, 0.25) is 0 Å². The zero-order chi connectivity index (χ0) is 11.1. The second-order valence-corrected chi connectivity index (χ2v) is 4.21. The highest BCUT2D eigenvalue weighted by molar-refractivity contribution is 7.98. The molecule has 2 nitrogen and oxygen atoms in total. The summed E-state index contributed by atoms with van der Waals surface area (Å²) >= 11 is 1.85. The van der Waals surface area contributed by atoms with E-state index in [1.165, 1.54) is 5.56 Å². The van der Waals surface area contributed by atoms with E-state index < -0.39 is 0 Å². The molecule has 1 aromatic rings. The first-order valence-electron chi connectivity index (χ1n) is 5.20. The highest BCUT2D eigenvalue weighted by Crippen LogP contribution is 2.20. The number of ether oxygens (including phenoxy) is 1. The van der Waals surface area contributed by atoms with Crippen LogP contribution < -0.4 is 10.1 Å². The summed E-state index contributed by atoms with van der Waals surface area (Å²) in [5.74, 6) is 2.03. The molecule has 0 aliphatic heterocycles. The third kappa shape index (κ3) is 3.76. The fourth-order valence-electron chi connectivity index (χ4n) is 1.48. The van der Waals surface area contributed by atoms with Crippen molar-refractivity contribution >= 4 is 11.8 Å². The molecule has 1 atom stereocenters. The minimum Gasteiger partial charge on any atom is -0.494 e. The van der Waals surface area contributed by atoms with Crippen molar-refractivity contribution in [2.24, 2.45) is 0 Å². The highest BCUT2D eigenvalue weighted by atomic mass is 32.2. The maximum Gasteiger partial charge on any atom is 0.119 e. The topological polar surface area (TPSA) is 21.3 Å². The van der Waals surface area contributed by atoms with Gasteiger partial charge in [-0.15, -0.1) is 0 Å². The molecular weight excluding hydrogens is 206 g/mol. The van der Waals surface area contributed by atoms with Crippen LogP contribution in [0, 0.1) is 0 Å². The van der Waals surface area contributed by atoms with E-state index in [0.29, 0.717) is 6.04 Å². The largest absolute Gasteiger partial charge is 0.494 e. The Hall–Kier alpha value is -0.670. The predicted molar refractivity (Wildman–Crippen MR) is 67.8 cm³/mol. The molecule has 1 rings (SSSR count). The molecule has 0 spiro atoms. The number of rotatable bonds is 6. The Labute approximate surface area is 96.4 Å². The van der Waals surface area contributed by atoms with Crippen molar-refractivity contribution in [1.82, 2.24) is 5.32 Å². The van der Waals surface area contributed by atoms with Crippen LogP contribution in [0.2, 0.25) is 0 Å². The van der Waals surface area contributed by atoms with Crippen LogP contribution in [0.1, 0.15) is 18.5 Å². The molecule has 1 aromatic carbocycles. The van der Waals surface area contributed by atoms with Crippen molar-refractivity contribution in [3.63, 3.8) is 0 Å². The average molecular weight is 225 g/mol. The smallest absolute Gasteiger partial charge is 0.119 e. The lowest BCUT2D eigenvalue weighted by Gasteiger charge is -2.15. The highest BCUT2D eigenvalue weighted by Gasteiger charge is 2.07. The van der Waals surface area contributed by atoms with Crippen molar-refractivity contribution in [3.05, 3.63) is 29.8 Å². The minimum absolute atomic E-state index is 0.427. The third-order valence-corrected chi connectivity index (χ3v) is 2.94. The molecule has 0 aromatic heterocycles. The predicted octanol–water partition coefficient (Wildman–Crippen LogP) is 2.71. The quantitative estimate of drug-likeness (QED) is 0.804. The van der Waals surface area contributed by atoms with Gasteiger partial charge in [0.25, 0.3) is 0 Å². The molecule has 84 valence electrons. The van der Waals surface area contributed by atoms with Gasteiger partial charge in [0, 0.05) is 11.8 Å². The summed E-state index contributed by atoms with van der Waals surface area (Å²) in [6, 6.07) is 8.74. The van der Waals surface area contributed by atoms with Crippen molar-refractivity contribution in [1.29, 1.82) is 0 Å². The second-order valence-electron chi connectivity index (χ2n) is 3.30. The zero-order valence-electron chi connectivity index (χ0n) is 9.62. The summed E-state index contributed by atoms with van der Waals surface area (Å²) in [5.41, 5.74) is 1.32. The van der Waals surface area contributed by atoms with Crippen LogP contribution in [0.3, 0.4) is 0 Å². The summed E-state index contributed by atoms with van der Waals surface area (Å²) in [6.45, 7) is 2.72. The minimum atomic E-state index is 0.427. The Morgan fingerprint density at radius 3 is 2.47 bits per heavy atom. The van der Waals surface area contributed by atoms with Gasteiger partial charge in [-0.2, -0.15) is 11.8 Å². The molecule has 0 fully saturated rings. The maximum absolute atomic E-state index is 5.41. The van der Waals surface area contributed by atoms with Crippen LogP contribution in [-0.4, -0.2) is 25.7 Å². The lowest BCUT2D eigenvalue weighted by molar-refractivity contribution is 0.340. The third-order valence-electron chi connectivity index (χ3n) is 2.28. The first-order chi connectivity index (χ1) is 7.31. The van der Waals surface area contributed by atoms with Gasteiger partial charge in [0.15, 0.2) is 0 Å². The zero-order valence-corrected chi connectivity index (χ0v) is 10.4. The number of thioether (sulfide) groups is 1. The SMILES string of the molecule is CCOc1ccc(C(CSC)NC)cc1. The summed E-state index contributed by atoms with van der Waals surface area (Å²) in [5, 5.41) is 3.31. The Bertz CT molecular complexity index is 273. The fourth-order valence-corrected chi connectivity index (χ4v) is 2.17. The second kappa shape index (κ2) is 6.75. The maximum atomic E-state index is 5.41. The van der Waals surface area contributed by atoms with Crippen LogP contribution in [0.4, 0.5) is 0 Å². The van der Waals surface area contributed by atoms with Crippen LogP contribution >= 0.6 is 11.8 Å². The molecule has 0 amide bonds. The molecule has 3 heteroatoms. The van der Waals surface area contributed by atoms with E-state index in [1.807, 2.05) is 37.9 Å². The van der Waals surface area contributed by atoms with Gasteiger partial charge in [0.05, 0.1) is 6.61 Å². The number of nitrogens with one attached hydrogen (secondary N) is 1. The van der Waals surface area contributed by atoms with Gasteiger partial charge in [-0.3, -0.25) is 0 Å². The fraction of sp³-hybridized carbons (Fsp3) is 0.500. The molecule has 0 aliphatic carbocycles. The molecule has 1 N–H and O–H groups in total. The van der Waals surface area contributed by atoms with E-state index in [2.05, 4.69) is 23.7 Å². The van der Waals surface area contributed by atoms with Crippen LogP contribution in [0.25, 0.3) is 0 Å². The van der Waals surface area contributed by atoms with Gasteiger partial charge in [-0.05, 0) is 37.9 Å². The lowest BCUT2D eigenvalue weighted by Crippen LogP contribution is -2.18. The Morgan fingerprint density at radius 2 is 2.00 bits per heavy atom. The summed E-state index contributed by atoms with van der Waals surface area (Å²) in [7, 11) is 2.00. The normalized spacial score (nSPS) is 12.5. The molecular formula is C12H19NOS. The molecule has 0 heterocycles.